The van der Waals surface area contributed by atoms with Gasteiger partial charge >= 0.3 is 0 Å². The fraction of sp³-hybridized carbons (Fsp3) is 0.667. The van der Waals surface area contributed by atoms with E-state index in [9.17, 15) is 9.00 Å². The molecule has 2 aliphatic rings. The predicted molar refractivity (Wildman–Crippen MR) is 99.3 cm³/mol. The molecule has 24 heavy (non-hydrogen) atoms. The first-order valence-electron chi connectivity index (χ1n) is 9.31. The highest BCUT2D eigenvalue weighted by Gasteiger charge is 2.57. The number of rotatable bonds is 3. The minimum Gasteiger partial charge on any atom is -0.298 e. The first-order chi connectivity index (χ1) is 11.3. The average molecular weight is 347 g/mol. The van der Waals surface area contributed by atoms with E-state index in [-0.39, 0.29) is 11.2 Å². The van der Waals surface area contributed by atoms with Crippen molar-refractivity contribution in [2.45, 2.75) is 69.4 Å². The Morgan fingerprint density at radius 3 is 2.38 bits per heavy atom. The molecule has 5 atom stereocenters. The number of Topliss-reactive ketones (excluding diaryl/α,β-unsaturated/α-hetero) is 1. The Kier molecular flexibility index (Phi) is 4.76. The Labute approximate surface area is 148 Å². The zero-order valence-electron chi connectivity index (χ0n) is 15.4. The van der Waals surface area contributed by atoms with Crippen LogP contribution < -0.4 is 0 Å². The van der Waals surface area contributed by atoms with Gasteiger partial charge in [0.1, 0.15) is 4.75 Å². The maximum absolute atomic E-state index is 13.2. The van der Waals surface area contributed by atoms with E-state index in [0.29, 0.717) is 24.2 Å². The van der Waals surface area contributed by atoms with Gasteiger partial charge in [-0.2, -0.15) is 0 Å². The number of ketones is 1. The molecule has 3 rings (SSSR count). The molecule has 132 valence electrons. The van der Waals surface area contributed by atoms with Gasteiger partial charge in [0.2, 0.25) is 0 Å². The van der Waals surface area contributed by atoms with Crippen LogP contribution in [-0.4, -0.2) is 14.7 Å². The van der Waals surface area contributed by atoms with Gasteiger partial charge in [-0.25, -0.2) is 0 Å². The summed E-state index contributed by atoms with van der Waals surface area (Å²) in [7, 11) is -1.27. The lowest BCUT2D eigenvalue weighted by Crippen LogP contribution is -2.51. The summed E-state index contributed by atoms with van der Waals surface area (Å²) in [5, 5.41) is 0. The average Bonchev–Trinajstić information content (AvgIpc) is 2.88. The van der Waals surface area contributed by atoms with Gasteiger partial charge in [0.15, 0.2) is 5.78 Å². The first kappa shape index (κ1) is 17.8. The van der Waals surface area contributed by atoms with Crippen LogP contribution in [0.3, 0.4) is 0 Å². The van der Waals surface area contributed by atoms with Crippen molar-refractivity contribution in [3.05, 3.63) is 30.3 Å². The van der Waals surface area contributed by atoms with Crippen molar-refractivity contribution in [2.75, 3.05) is 0 Å². The lowest BCUT2D eigenvalue weighted by atomic mass is 9.59. The van der Waals surface area contributed by atoms with Crippen molar-refractivity contribution in [1.82, 2.24) is 0 Å². The maximum Gasteiger partial charge on any atom is 0.152 e. The second-order valence-electron chi connectivity index (χ2n) is 8.47. The zero-order chi connectivity index (χ0) is 17.5. The molecule has 0 aliphatic heterocycles. The second kappa shape index (κ2) is 6.40. The molecule has 1 spiro atoms. The molecule has 0 radical (unpaired) electrons. The van der Waals surface area contributed by atoms with Gasteiger partial charge in [0, 0.05) is 11.3 Å². The van der Waals surface area contributed by atoms with Crippen LogP contribution in [0.2, 0.25) is 0 Å². The molecular formula is C21H30O2S. The van der Waals surface area contributed by atoms with Crippen LogP contribution in [0.25, 0.3) is 0 Å². The SMILES string of the molecule is CC(C)C1CCC(C)C12CCC(C)(S(=O)c1ccccc1)C(=O)C2. The van der Waals surface area contributed by atoms with E-state index in [1.54, 1.807) is 0 Å². The number of hydrogen-bond acceptors (Lipinski definition) is 2. The molecule has 2 nitrogen and oxygen atoms in total. The van der Waals surface area contributed by atoms with Crippen LogP contribution in [0.1, 0.15) is 59.8 Å². The molecule has 3 heteroatoms. The normalized spacial score (nSPS) is 38.0. The molecule has 0 aromatic heterocycles. The van der Waals surface area contributed by atoms with Gasteiger partial charge in [-0.3, -0.25) is 9.00 Å². The molecule has 1 aromatic rings. The minimum atomic E-state index is -1.27. The molecule has 2 fully saturated rings. The van der Waals surface area contributed by atoms with E-state index in [1.807, 2.05) is 37.3 Å². The van der Waals surface area contributed by atoms with E-state index in [0.717, 1.165) is 17.7 Å². The van der Waals surface area contributed by atoms with Gasteiger partial charge < -0.3 is 0 Å². The third-order valence-electron chi connectivity index (χ3n) is 6.95. The summed E-state index contributed by atoms with van der Waals surface area (Å²) in [6.07, 6.45) is 4.88. The smallest absolute Gasteiger partial charge is 0.152 e. The Bertz CT molecular complexity index is 638. The fourth-order valence-corrected chi connectivity index (χ4v) is 6.78. The highest BCUT2D eigenvalue weighted by Crippen LogP contribution is 2.59. The van der Waals surface area contributed by atoms with E-state index in [2.05, 4.69) is 20.8 Å². The van der Waals surface area contributed by atoms with E-state index < -0.39 is 15.5 Å². The van der Waals surface area contributed by atoms with Crippen molar-refractivity contribution in [3.63, 3.8) is 0 Å². The minimum absolute atomic E-state index is 0.144. The van der Waals surface area contributed by atoms with Crippen LogP contribution in [-0.2, 0) is 15.6 Å². The fourth-order valence-electron chi connectivity index (χ4n) is 5.29. The zero-order valence-corrected chi connectivity index (χ0v) is 16.2. The molecule has 2 saturated carbocycles. The monoisotopic (exact) mass is 346 g/mol. The van der Waals surface area contributed by atoms with Gasteiger partial charge in [-0.05, 0) is 67.9 Å². The van der Waals surface area contributed by atoms with Crippen molar-refractivity contribution in [1.29, 1.82) is 0 Å². The Balaban J connectivity index is 1.87. The summed E-state index contributed by atoms with van der Waals surface area (Å²) >= 11 is 0. The predicted octanol–water partition coefficient (Wildman–Crippen LogP) is 4.99. The number of carbonyl (C=O) groups excluding carboxylic acids is 1. The number of hydrogen-bond donors (Lipinski definition) is 0. The van der Waals surface area contributed by atoms with Crippen molar-refractivity contribution in [3.8, 4) is 0 Å². The molecule has 2 aliphatic carbocycles. The van der Waals surface area contributed by atoms with Crippen molar-refractivity contribution in [2.24, 2.45) is 23.2 Å². The molecule has 5 unspecified atom stereocenters. The van der Waals surface area contributed by atoms with Crippen LogP contribution in [0.4, 0.5) is 0 Å². The molecule has 0 heterocycles. The first-order valence-corrected chi connectivity index (χ1v) is 10.5. The molecule has 1 aromatic carbocycles. The lowest BCUT2D eigenvalue weighted by Gasteiger charge is -2.48. The topological polar surface area (TPSA) is 34.1 Å². The quantitative estimate of drug-likeness (QED) is 0.772. The Hall–Kier alpha value is -0.960. The van der Waals surface area contributed by atoms with Crippen molar-refractivity contribution < 1.29 is 9.00 Å². The van der Waals surface area contributed by atoms with Crippen LogP contribution >= 0.6 is 0 Å². The molecule has 0 amide bonds. The number of carbonyl (C=O) groups is 1. The molecule has 0 N–H and O–H groups in total. The van der Waals surface area contributed by atoms with E-state index in [4.69, 9.17) is 0 Å². The van der Waals surface area contributed by atoms with Gasteiger partial charge in [-0.1, -0.05) is 39.0 Å². The maximum atomic E-state index is 13.2. The summed E-state index contributed by atoms with van der Waals surface area (Å²) in [5.74, 6) is 2.07. The van der Waals surface area contributed by atoms with E-state index >= 15 is 0 Å². The summed E-state index contributed by atoms with van der Waals surface area (Å²) in [5.41, 5.74) is 0.144. The molecular weight excluding hydrogens is 316 g/mol. The van der Waals surface area contributed by atoms with Crippen LogP contribution in [0.5, 0.6) is 0 Å². The van der Waals surface area contributed by atoms with Gasteiger partial charge in [0.25, 0.3) is 0 Å². The highest BCUT2D eigenvalue weighted by atomic mass is 32.2. The van der Waals surface area contributed by atoms with Crippen LogP contribution in [0.15, 0.2) is 35.2 Å². The third kappa shape index (κ3) is 2.69. The lowest BCUT2D eigenvalue weighted by molar-refractivity contribution is -0.129. The summed E-state index contributed by atoms with van der Waals surface area (Å²) in [6.45, 7) is 8.84. The van der Waals surface area contributed by atoms with E-state index in [1.165, 1.54) is 12.8 Å². The largest absolute Gasteiger partial charge is 0.298 e. The van der Waals surface area contributed by atoms with Gasteiger partial charge in [0.05, 0.1) is 10.8 Å². The van der Waals surface area contributed by atoms with Crippen LogP contribution in [0, 0.1) is 23.2 Å². The standard InChI is InChI=1S/C21H30O2S/c1-15(2)18-11-10-16(3)21(18)13-12-20(4,19(22)14-21)24(23)17-8-6-5-7-9-17/h5-9,15-16,18H,10-14H2,1-4H3. The van der Waals surface area contributed by atoms with Gasteiger partial charge in [-0.15, -0.1) is 0 Å². The summed E-state index contributed by atoms with van der Waals surface area (Å²) in [4.78, 5) is 14.0. The van der Waals surface area contributed by atoms with Crippen molar-refractivity contribution >= 4 is 16.6 Å². The second-order valence-corrected chi connectivity index (χ2v) is 10.4. The Morgan fingerprint density at radius 1 is 1.12 bits per heavy atom. The Morgan fingerprint density at radius 2 is 1.79 bits per heavy atom. The molecule has 0 saturated heterocycles. The highest BCUT2D eigenvalue weighted by molar-refractivity contribution is 7.87. The summed E-state index contributed by atoms with van der Waals surface area (Å²) in [6, 6.07) is 9.49. The summed E-state index contributed by atoms with van der Waals surface area (Å²) < 4.78 is 12.4. The number of benzene rings is 1. The third-order valence-corrected chi connectivity index (χ3v) is 8.90. The molecule has 0 bridgehead atoms.